The van der Waals surface area contributed by atoms with Gasteiger partial charge in [0.25, 0.3) is 23.4 Å². The molecule has 3 aromatic heterocycles. The first-order chi connectivity index (χ1) is 56.1. The molecule has 10 aromatic carbocycles. The Kier molecular flexibility index (Phi) is 23.3. The number of thiazole rings is 1. The van der Waals surface area contributed by atoms with E-state index in [1.165, 1.54) is 58.1 Å². The second-order valence-corrected chi connectivity index (χ2v) is 29.6. The first-order valence-electron chi connectivity index (χ1n) is 36.6. The van der Waals surface area contributed by atoms with Gasteiger partial charge < -0.3 is 39.2 Å². The molecule has 2 N–H and O–H groups in total. The number of carbonyl (C=O) groups excluding carboxylic acids is 7. The first kappa shape index (κ1) is 76.7. The molecule has 22 nitrogen and oxygen atoms in total. The Bertz CT molecular complexity index is 5550. The Morgan fingerprint density at radius 2 is 0.991 bits per heavy atom. The molecule has 572 valence electrons. The van der Waals surface area contributed by atoms with Crippen LogP contribution in [-0.2, 0) is 53.4 Å². The summed E-state index contributed by atoms with van der Waals surface area (Å²) in [7, 11) is 0. The van der Waals surface area contributed by atoms with Gasteiger partial charge in [0.2, 0.25) is 6.10 Å². The van der Waals surface area contributed by atoms with Crippen molar-refractivity contribution in [3.8, 4) is 11.5 Å². The molecule has 0 radical (unpaired) electrons. The van der Waals surface area contributed by atoms with Crippen LogP contribution in [0.15, 0.2) is 324 Å². The molecule has 1 unspecified atom stereocenters. The number of β-lactam (4-membered cyclic amide) rings is 1. The maximum absolute atomic E-state index is 15.9. The second kappa shape index (κ2) is 35.0. The van der Waals surface area contributed by atoms with Gasteiger partial charge in [-0.15, -0.1) is 40.0 Å². The van der Waals surface area contributed by atoms with Gasteiger partial charge in [-0.25, -0.2) is 24.4 Å². The zero-order chi connectivity index (χ0) is 79.4. The minimum atomic E-state index is -1.90. The molecule has 2 aliphatic rings. The van der Waals surface area contributed by atoms with Crippen molar-refractivity contribution >= 4 is 93.1 Å². The van der Waals surface area contributed by atoms with Gasteiger partial charge in [0.15, 0.2) is 40.7 Å². The number of anilines is 1. The van der Waals surface area contributed by atoms with Gasteiger partial charge in [0.05, 0.1) is 0 Å². The Morgan fingerprint density at radius 1 is 0.539 bits per heavy atom. The van der Waals surface area contributed by atoms with Crippen molar-refractivity contribution in [3.63, 3.8) is 0 Å². The highest BCUT2D eigenvalue weighted by Gasteiger charge is 2.55. The highest BCUT2D eigenvalue weighted by molar-refractivity contribution is 8.01. The van der Waals surface area contributed by atoms with Crippen molar-refractivity contribution in [1.82, 2.24) is 34.8 Å². The Morgan fingerprint density at radius 3 is 1.47 bits per heavy atom. The van der Waals surface area contributed by atoms with Crippen LogP contribution in [0, 0.1) is 6.92 Å². The summed E-state index contributed by atoms with van der Waals surface area (Å²) in [4.78, 5) is 124. The fourth-order valence-electron chi connectivity index (χ4n) is 13.6. The number of nitrogens with zero attached hydrogens (tertiary/aromatic N) is 7. The van der Waals surface area contributed by atoms with Gasteiger partial charge in [-0.3, -0.25) is 24.1 Å². The summed E-state index contributed by atoms with van der Waals surface area (Å²) in [6.45, 7) is 4.09. The molecule has 0 bridgehead atoms. The molecule has 0 saturated carbocycles. The molecule has 15 rings (SSSR count). The van der Waals surface area contributed by atoms with Crippen LogP contribution in [0.4, 0.5) is 5.13 Å². The van der Waals surface area contributed by atoms with E-state index < -0.39 is 88.7 Å². The number of esters is 5. The molecule has 0 spiro atoms. The van der Waals surface area contributed by atoms with Crippen molar-refractivity contribution in [3.05, 3.63) is 387 Å². The third-order valence-corrected chi connectivity index (χ3v) is 22.1. The number of fused-ring (bicyclic) bond motifs is 2. The van der Waals surface area contributed by atoms with Crippen LogP contribution < -0.4 is 20.1 Å². The molecular weight excluding hydrogens is 1510 g/mol. The standard InChI is InChI=1S/C90H71N9O13S3/c1-56-51-73(99-88(91-56)94-81(96-99)87(106)111-79(63-39-21-8-22-40-63)64-41-23-9-24-42-64)113-53-66-54-114-84-75(83(103)98(84)76(66)85(104)109-77(59-31-13-4-14-32-59)60-33-15-5-16-34-60)93-82(102)74(70-55-115-89(92-70)95-90(67-43-25-10-26-44-67,68-45-27-11-28-46-68)69-47-29-12-30-48-69)97-112-80(65-49-50-71(107-57(2)100)72(52-65)108-58(3)101)86(105)110-78(61-35-17-6-18-36-61)62-37-19-7-20-38-62/h4-52,55,75,77-80,84H,53-54H2,1-3H3,(H,92,95)(H,93,102)/b97-74+/t75-,80?,84-/m1/s1. The van der Waals surface area contributed by atoms with E-state index in [1.54, 1.807) is 66.9 Å². The average molecular weight is 1580 g/mol. The van der Waals surface area contributed by atoms with Gasteiger partial charge in [0.1, 0.15) is 33.4 Å². The summed E-state index contributed by atoms with van der Waals surface area (Å²) in [6, 6.07) is 88.8. The van der Waals surface area contributed by atoms with Gasteiger partial charge in [0, 0.05) is 42.0 Å². The molecule has 13 aromatic rings. The van der Waals surface area contributed by atoms with Crippen molar-refractivity contribution < 1.29 is 62.1 Å². The SMILES string of the molecule is CC(=O)Oc1ccc(C(O/N=C(/C(=O)N[C@@H]2C(=O)N3C(C(=O)OC(c4ccccc4)c4ccccc4)=C(CSc4cc(C)nc5nc(C(=O)OC(c6ccccc6)c6ccccc6)nn45)CS[C@H]23)c2csc(NC(c3ccccc3)(c3ccccc3)c3ccccc3)n2)C(=O)OC(c2ccccc2)c2ccccc2)cc1OC(C)=O. The summed E-state index contributed by atoms with van der Waals surface area (Å²) < 4.78 is 31.7. The topological polar surface area (TPSA) is 270 Å². The minimum absolute atomic E-state index is 0.0316. The van der Waals surface area contributed by atoms with Crippen LogP contribution in [0.3, 0.4) is 0 Å². The number of ether oxygens (including phenoxy) is 5. The molecule has 3 atom stereocenters. The van der Waals surface area contributed by atoms with Gasteiger partial charge in [-0.05, 0) is 80.8 Å². The Balaban J connectivity index is 0.801. The fourth-order valence-corrected chi connectivity index (χ4v) is 16.9. The van der Waals surface area contributed by atoms with Crippen molar-refractivity contribution in [2.24, 2.45) is 5.16 Å². The van der Waals surface area contributed by atoms with Gasteiger partial charge in [-0.1, -0.05) is 284 Å². The van der Waals surface area contributed by atoms with E-state index in [2.05, 4.69) is 30.9 Å². The van der Waals surface area contributed by atoms with Crippen LogP contribution in [0.5, 0.6) is 11.5 Å². The summed E-state index contributed by atoms with van der Waals surface area (Å²) in [5.41, 5.74) is 5.71. The number of nitrogens with one attached hydrogen (secondary N) is 2. The van der Waals surface area contributed by atoms with E-state index in [0.29, 0.717) is 43.7 Å². The normalized spacial score (nSPS) is 14.3. The first-order valence-corrected chi connectivity index (χ1v) is 39.5. The number of hydrogen-bond donors (Lipinski definition) is 2. The molecule has 2 aliphatic heterocycles. The smallest absolute Gasteiger partial charge is 0.379 e. The van der Waals surface area contributed by atoms with E-state index in [1.807, 2.05) is 224 Å². The summed E-state index contributed by atoms with van der Waals surface area (Å²) in [5, 5.41) is 17.3. The van der Waals surface area contributed by atoms with E-state index >= 15 is 19.2 Å². The second-order valence-electron chi connectivity index (χ2n) is 26.7. The van der Waals surface area contributed by atoms with Gasteiger partial charge >= 0.3 is 29.8 Å². The maximum Gasteiger partial charge on any atom is 0.379 e. The van der Waals surface area contributed by atoms with Crippen LogP contribution in [0.1, 0.15) is 116 Å². The van der Waals surface area contributed by atoms with Crippen LogP contribution in [0.2, 0.25) is 0 Å². The lowest BCUT2D eigenvalue weighted by molar-refractivity contribution is -0.162. The minimum Gasteiger partial charge on any atom is -0.449 e. The van der Waals surface area contributed by atoms with Crippen molar-refractivity contribution in [1.29, 1.82) is 0 Å². The lowest BCUT2D eigenvalue weighted by atomic mass is 9.77. The monoisotopic (exact) mass is 1580 g/mol. The molecule has 5 heterocycles. The molecular formula is C90H71N9O13S3. The van der Waals surface area contributed by atoms with Gasteiger partial charge in [-0.2, -0.15) is 9.50 Å². The van der Waals surface area contributed by atoms with E-state index in [-0.39, 0.29) is 51.6 Å². The van der Waals surface area contributed by atoms with Crippen molar-refractivity contribution in [2.45, 2.75) is 67.2 Å². The van der Waals surface area contributed by atoms with Crippen molar-refractivity contribution in [2.75, 3.05) is 16.8 Å². The summed E-state index contributed by atoms with van der Waals surface area (Å²) >= 11 is 3.68. The summed E-state index contributed by atoms with van der Waals surface area (Å²) in [6.07, 6.45) is -4.68. The molecule has 0 aliphatic carbocycles. The van der Waals surface area contributed by atoms with E-state index in [0.717, 1.165) is 46.1 Å². The Hall–Kier alpha value is -13.6. The Labute approximate surface area is 673 Å². The average Bonchev–Trinajstić information content (AvgIpc) is 1.10. The van der Waals surface area contributed by atoms with Crippen LogP contribution in [0.25, 0.3) is 5.78 Å². The third-order valence-electron chi connectivity index (χ3n) is 18.9. The molecule has 1 fully saturated rings. The number of amides is 2. The largest absolute Gasteiger partial charge is 0.449 e. The number of aryl methyl sites for hydroxylation is 1. The highest BCUT2D eigenvalue weighted by Crippen LogP contribution is 2.45. The lowest BCUT2D eigenvalue weighted by Gasteiger charge is -2.49. The van der Waals surface area contributed by atoms with E-state index in [4.69, 9.17) is 33.5 Å². The third kappa shape index (κ3) is 17.1. The molecule has 2 amide bonds. The summed E-state index contributed by atoms with van der Waals surface area (Å²) in [5.74, 6) is -6.25. The zero-order valence-electron chi connectivity index (χ0n) is 61.9. The molecule has 1 saturated heterocycles. The predicted octanol–water partition coefficient (Wildman–Crippen LogP) is 15.7. The quantitative estimate of drug-likeness (QED) is 0.00531. The number of aromatic nitrogens is 5. The fraction of sp³-hybridized carbons (Fsp3) is 0.133. The molecule has 115 heavy (non-hydrogen) atoms. The zero-order valence-corrected chi connectivity index (χ0v) is 64.4. The predicted molar refractivity (Wildman–Crippen MR) is 434 cm³/mol. The number of carbonyl (C=O) groups is 7. The number of benzene rings is 10. The lowest BCUT2D eigenvalue weighted by Crippen LogP contribution is -2.71. The highest BCUT2D eigenvalue weighted by atomic mass is 32.2. The number of hydrogen-bond acceptors (Lipinski definition) is 22. The molecule has 25 heteroatoms. The number of rotatable bonds is 28. The number of thioether (sulfide) groups is 2. The number of oxime groups is 1. The van der Waals surface area contributed by atoms with Crippen LogP contribution in [-0.4, -0.2) is 99.8 Å². The van der Waals surface area contributed by atoms with E-state index in [9.17, 15) is 14.4 Å². The maximum atomic E-state index is 15.9. The van der Waals surface area contributed by atoms with Crippen LogP contribution >= 0.6 is 34.9 Å².